The Bertz CT molecular complexity index is 196. The Balaban J connectivity index is 2.13. The first-order valence-electron chi connectivity index (χ1n) is 5.09. The summed E-state index contributed by atoms with van der Waals surface area (Å²) in [6.07, 6.45) is 1.29. The van der Waals surface area contributed by atoms with Crippen LogP contribution in [0.15, 0.2) is 0 Å². The lowest BCUT2D eigenvalue weighted by Crippen LogP contribution is -2.39. The lowest BCUT2D eigenvalue weighted by Gasteiger charge is -2.31. The van der Waals surface area contributed by atoms with Crippen LogP contribution >= 0.6 is 0 Å². The summed E-state index contributed by atoms with van der Waals surface area (Å²) in [6.45, 7) is 3.26. The van der Waals surface area contributed by atoms with E-state index < -0.39 is 5.92 Å². The molecule has 14 heavy (non-hydrogen) atoms. The number of Topliss-reactive ketones (excluding diaryl/α,β-unsaturated/α-hetero) is 1. The molecule has 0 amide bonds. The Morgan fingerprint density at radius 2 is 1.93 bits per heavy atom. The highest BCUT2D eigenvalue weighted by molar-refractivity contribution is 5.75. The van der Waals surface area contributed by atoms with E-state index in [2.05, 4.69) is 0 Å². The van der Waals surface area contributed by atoms with E-state index in [4.69, 9.17) is 0 Å². The summed E-state index contributed by atoms with van der Waals surface area (Å²) in [6, 6.07) is 0. The molecule has 0 atom stereocenters. The molecule has 0 radical (unpaired) electrons. The molecular weight excluding hydrogens is 188 g/mol. The Kier molecular flexibility index (Phi) is 3.98. The number of hydrogen-bond donors (Lipinski definition) is 0. The van der Waals surface area contributed by atoms with Crippen molar-refractivity contribution in [1.29, 1.82) is 0 Å². The second kappa shape index (κ2) is 4.82. The second-order valence-corrected chi connectivity index (χ2v) is 4.00. The highest BCUT2D eigenvalue weighted by Crippen LogP contribution is 2.27. The van der Waals surface area contributed by atoms with Crippen molar-refractivity contribution in [2.75, 3.05) is 19.6 Å². The van der Waals surface area contributed by atoms with Gasteiger partial charge in [-0.15, -0.1) is 0 Å². The van der Waals surface area contributed by atoms with E-state index in [1.54, 1.807) is 6.92 Å². The van der Waals surface area contributed by atoms with Gasteiger partial charge in [-0.2, -0.15) is 0 Å². The lowest BCUT2D eigenvalue weighted by molar-refractivity contribution is -0.117. The number of carbonyl (C=O) groups is 1. The van der Waals surface area contributed by atoms with Crippen molar-refractivity contribution >= 4 is 5.78 Å². The number of rotatable bonds is 4. The number of nitrogens with zero attached hydrogens (tertiary/aromatic N) is 1. The smallest absolute Gasteiger partial charge is 0.250 e. The number of piperidine rings is 1. The maximum Gasteiger partial charge on any atom is 0.250 e. The van der Waals surface area contributed by atoms with Gasteiger partial charge in [0.15, 0.2) is 0 Å². The van der Waals surface area contributed by atoms with Crippen molar-refractivity contribution in [3.05, 3.63) is 0 Å². The monoisotopic (exact) mass is 205 g/mol. The predicted octanol–water partition coefficient (Wildman–Crippen LogP) is 2.09. The van der Waals surface area contributed by atoms with Gasteiger partial charge in [0.1, 0.15) is 5.78 Å². The zero-order valence-corrected chi connectivity index (χ0v) is 8.56. The molecule has 0 aromatic rings. The van der Waals surface area contributed by atoms with Crippen molar-refractivity contribution in [2.45, 2.75) is 38.5 Å². The van der Waals surface area contributed by atoms with E-state index >= 15 is 0 Å². The van der Waals surface area contributed by atoms with Crippen molar-refractivity contribution in [3.63, 3.8) is 0 Å². The summed E-state index contributed by atoms with van der Waals surface area (Å²) in [5.41, 5.74) is 0. The van der Waals surface area contributed by atoms with E-state index in [-0.39, 0.29) is 18.6 Å². The number of carbonyl (C=O) groups excluding carboxylic acids is 1. The molecule has 82 valence electrons. The normalized spacial score (nSPS) is 22.2. The molecule has 0 bridgehead atoms. The summed E-state index contributed by atoms with van der Waals surface area (Å²) in [5, 5.41) is 0. The van der Waals surface area contributed by atoms with E-state index in [1.165, 1.54) is 0 Å². The summed E-state index contributed by atoms with van der Waals surface area (Å²) in [5.74, 6) is -2.29. The molecule has 0 saturated carbocycles. The maximum atomic E-state index is 12.7. The third-order valence-corrected chi connectivity index (χ3v) is 2.59. The summed E-state index contributed by atoms with van der Waals surface area (Å²) < 4.78 is 25.5. The zero-order valence-electron chi connectivity index (χ0n) is 8.56. The van der Waals surface area contributed by atoms with Gasteiger partial charge in [-0.25, -0.2) is 8.78 Å². The van der Waals surface area contributed by atoms with Crippen molar-refractivity contribution in [2.24, 2.45) is 0 Å². The van der Waals surface area contributed by atoms with Gasteiger partial charge in [-0.3, -0.25) is 0 Å². The molecule has 2 nitrogen and oxygen atoms in total. The fourth-order valence-corrected chi connectivity index (χ4v) is 1.66. The third-order valence-electron chi connectivity index (χ3n) is 2.59. The Labute approximate surface area is 83.3 Å². The highest BCUT2D eigenvalue weighted by atomic mass is 19.3. The fourth-order valence-electron chi connectivity index (χ4n) is 1.66. The van der Waals surface area contributed by atoms with Crippen molar-refractivity contribution in [1.82, 2.24) is 4.90 Å². The molecule has 0 aliphatic carbocycles. The molecule has 1 rings (SSSR count). The van der Waals surface area contributed by atoms with Crippen LogP contribution in [0.3, 0.4) is 0 Å². The maximum absolute atomic E-state index is 12.7. The number of halogens is 2. The Hall–Kier alpha value is -0.510. The van der Waals surface area contributed by atoms with Gasteiger partial charge < -0.3 is 9.69 Å². The predicted molar refractivity (Wildman–Crippen MR) is 50.5 cm³/mol. The molecule has 0 spiro atoms. The molecule has 0 N–H and O–H groups in total. The number of hydrogen-bond acceptors (Lipinski definition) is 2. The van der Waals surface area contributed by atoms with Gasteiger partial charge in [0.2, 0.25) is 0 Å². The van der Waals surface area contributed by atoms with Gasteiger partial charge in [-0.05, 0) is 19.9 Å². The van der Waals surface area contributed by atoms with Crippen molar-refractivity contribution in [3.8, 4) is 0 Å². The van der Waals surface area contributed by atoms with Gasteiger partial charge >= 0.3 is 0 Å². The minimum absolute atomic E-state index is 0.0347. The van der Waals surface area contributed by atoms with E-state index in [0.29, 0.717) is 19.5 Å². The van der Waals surface area contributed by atoms with Crippen LogP contribution in [0.1, 0.15) is 32.6 Å². The van der Waals surface area contributed by atoms with E-state index in [0.717, 1.165) is 13.0 Å². The quantitative estimate of drug-likeness (QED) is 0.700. The average Bonchev–Trinajstić information content (AvgIpc) is 2.07. The molecule has 1 fully saturated rings. The average molecular weight is 205 g/mol. The molecule has 4 heteroatoms. The van der Waals surface area contributed by atoms with Crippen LogP contribution in [0.2, 0.25) is 0 Å². The van der Waals surface area contributed by atoms with Gasteiger partial charge in [0.25, 0.3) is 5.92 Å². The van der Waals surface area contributed by atoms with Gasteiger partial charge in [0.05, 0.1) is 0 Å². The van der Waals surface area contributed by atoms with Crippen LogP contribution in [0.4, 0.5) is 8.78 Å². The van der Waals surface area contributed by atoms with Gasteiger partial charge in [-0.1, -0.05) is 0 Å². The minimum Gasteiger partial charge on any atom is -0.303 e. The van der Waals surface area contributed by atoms with Crippen molar-refractivity contribution < 1.29 is 13.6 Å². The molecule has 1 saturated heterocycles. The Morgan fingerprint density at radius 1 is 1.36 bits per heavy atom. The molecule has 1 heterocycles. The standard InChI is InChI=1S/C10H17F2NO/c1-9(14)3-2-6-13-7-4-10(11,12)5-8-13/h2-8H2,1H3. The largest absolute Gasteiger partial charge is 0.303 e. The van der Waals surface area contributed by atoms with Crippen LogP contribution in [0.5, 0.6) is 0 Å². The van der Waals surface area contributed by atoms with Gasteiger partial charge in [0, 0.05) is 32.4 Å². The minimum atomic E-state index is -2.46. The molecule has 0 aromatic heterocycles. The lowest BCUT2D eigenvalue weighted by atomic mass is 10.1. The number of likely N-dealkylation sites (tertiary alicyclic amines) is 1. The molecule has 1 aliphatic heterocycles. The SMILES string of the molecule is CC(=O)CCCN1CCC(F)(F)CC1. The summed E-state index contributed by atoms with van der Waals surface area (Å²) >= 11 is 0. The number of alkyl halides is 2. The summed E-state index contributed by atoms with van der Waals surface area (Å²) in [7, 11) is 0. The van der Waals surface area contributed by atoms with Crippen LogP contribution < -0.4 is 0 Å². The molecular formula is C10H17F2NO. The fraction of sp³-hybridized carbons (Fsp3) is 0.900. The third kappa shape index (κ3) is 4.13. The topological polar surface area (TPSA) is 20.3 Å². The van der Waals surface area contributed by atoms with Crippen LogP contribution in [-0.4, -0.2) is 36.2 Å². The molecule has 1 aliphatic rings. The Morgan fingerprint density at radius 3 is 2.43 bits per heavy atom. The van der Waals surface area contributed by atoms with Crippen LogP contribution in [0.25, 0.3) is 0 Å². The second-order valence-electron chi connectivity index (χ2n) is 4.00. The molecule has 0 aromatic carbocycles. The first-order chi connectivity index (χ1) is 6.49. The zero-order chi connectivity index (χ0) is 10.6. The first kappa shape index (κ1) is 11.6. The van der Waals surface area contributed by atoms with E-state index in [9.17, 15) is 13.6 Å². The highest BCUT2D eigenvalue weighted by Gasteiger charge is 2.33. The molecule has 0 unspecified atom stereocenters. The van der Waals surface area contributed by atoms with E-state index in [1.807, 2.05) is 4.90 Å². The first-order valence-corrected chi connectivity index (χ1v) is 5.09. The van der Waals surface area contributed by atoms with Crippen LogP contribution in [-0.2, 0) is 4.79 Å². The summed E-state index contributed by atoms with van der Waals surface area (Å²) in [4.78, 5) is 12.7. The number of ketones is 1. The van der Waals surface area contributed by atoms with Crippen LogP contribution in [0, 0.1) is 0 Å².